The molecule has 3 heterocycles. The fraction of sp³-hybridized carbons (Fsp3) is 0.227. The normalized spacial score (nSPS) is 11.1. The van der Waals surface area contributed by atoms with Crippen molar-refractivity contribution in [3.05, 3.63) is 69.4 Å². The van der Waals surface area contributed by atoms with Crippen molar-refractivity contribution < 1.29 is 13.9 Å². The van der Waals surface area contributed by atoms with E-state index in [-0.39, 0.29) is 18.3 Å². The van der Waals surface area contributed by atoms with E-state index in [4.69, 9.17) is 4.74 Å². The molecule has 1 N–H and O–H groups in total. The predicted molar refractivity (Wildman–Crippen MR) is 118 cm³/mol. The number of aryl methyl sites for hydroxylation is 1. The quantitative estimate of drug-likeness (QED) is 0.388. The van der Waals surface area contributed by atoms with E-state index in [2.05, 4.69) is 15.3 Å². The summed E-state index contributed by atoms with van der Waals surface area (Å²) in [6.45, 7) is 0.715. The van der Waals surface area contributed by atoms with Crippen LogP contribution in [0.15, 0.2) is 48.1 Å². The Hall–Kier alpha value is -2.68. The zero-order chi connectivity index (χ0) is 20.9. The van der Waals surface area contributed by atoms with E-state index in [1.165, 1.54) is 17.4 Å². The van der Waals surface area contributed by atoms with Crippen LogP contribution >= 0.6 is 22.7 Å². The maximum Gasteiger partial charge on any atom is 0.261 e. The molecule has 4 rings (SSSR count). The first kappa shape index (κ1) is 20.6. The molecule has 0 unspecified atom stereocenters. The number of methoxy groups -OCH3 is 1. The number of aromatic nitrogens is 2. The smallest absolute Gasteiger partial charge is 0.261 e. The van der Waals surface area contributed by atoms with E-state index in [0.29, 0.717) is 22.4 Å². The number of carbonyl (C=O) groups excluding carboxylic acids is 1. The zero-order valence-corrected chi connectivity index (χ0v) is 18.0. The van der Waals surface area contributed by atoms with Crippen LogP contribution in [-0.2, 0) is 17.8 Å². The van der Waals surface area contributed by atoms with Gasteiger partial charge in [-0.25, -0.2) is 9.37 Å². The fourth-order valence-corrected chi connectivity index (χ4v) is 5.22. The molecular formula is C22H20FN3O2S2. The molecule has 8 heteroatoms. The first-order valence-corrected chi connectivity index (χ1v) is 11.2. The van der Waals surface area contributed by atoms with Crippen LogP contribution in [0.2, 0.25) is 0 Å². The highest BCUT2D eigenvalue weighted by molar-refractivity contribution is 7.21. The standard InChI is InChI=1S/C22H20FN3O2S2/c1-28-12-15-20-16(23)4-2-5-18(20)30-21(15)22(27)25-9-3-6-19-26-17(13-29-19)14-7-10-24-11-8-14/h2,4-5,7-8,10-11,13H,3,6,9,12H2,1H3,(H,25,27). The SMILES string of the molecule is COCc1c(C(=O)NCCCc2nc(-c3ccncc3)cs2)sc2cccc(F)c12. The second-order valence-corrected chi connectivity index (χ2v) is 8.67. The third kappa shape index (κ3) is 4.40. The van der Waals surface area contributed by atoms with E-state index in [1.807, 2.05) is 23.6 Å². The lowest BCUT2D eigenvalue weighted by atomic mass is 10.1. The molecule has 0 bridgehead atoms. The molecule has 0 aliphatic carbocycles. The van der Waals surface area contributed by atoms with Gasteiger partial charge >= 0.3 is 0 Å². The number of amides is 1. The average molecular weight is 442 g/mol. The number of pyridine rings is 1. The number of nitrogens with zero attached hydrogens (tertiary/aromatic N) is 2. The van der Waals surface area contributed by atoms with Gasteiger partial charge in [-0.1, -0.05) is 6.07 Å². The minimum atomic E-state index is -0.330. The van der Waals surface area contributed by atoms with Crippen molar-refractivity contribution >= 4 is 38.7 Å². The number of nitrogens with one attached hydrogen (secondary N) is 1. The van der Waals surface area contributed by atoms with Gasteiger partial charge < -0.3 is 10.1 Å². The Bertz CT molecular complexity index is 1160. The van der Waals surface area contributed by atoms with Crippen molar-refractivity contribution in [1.29, 1.82) is 0 Å². The summed E-state index contributed by atoms with van der Waals surface area (Å²) in [5.74, 6) is -0.525. The Morgan fingerprint density at radius 1 is 1.23 bits per heavy atom. The molecule has 0 atom stereocenters. The van der Waals surface area contributed by atoms with E-state index >= 15 is 0 Å². The van der Waals surface area contributed by atoms with Crippen LogP contribution in [-0.4, -0.2) is 29.5 Å². The summed E-state index contributed by atoms with van der Waals surface area (Å²) >= 11 is 2.91. The molecule has 154 valence electrons. The lowest BCUT2D eigenvalue weighted by molar-refractivity contribution is 0.0953. The summed E-state index contributed by atoms with van der Waals surface area (Å²) in [6.07, 6.45) is 5.05. The van der Waals surface area contributed by atoms with E-state index in [1.54, 1.807) is 36.9 Å². The lowest BCUT2D eigenvalue weighted by Crippen LogP contribution is -2.25. The van der Waals surface area contributed by atoms with Crippen LogP contribution in [0.4, 0.5) is 4.39 Å². The largest absolute Gasteiger partial charge is 0.380 e. The van der Waals surface area contributed by atoms with Gasteiger partial charge in [-0.05, 0) is 30.7 Å². The van der Waals surface area contributed by atoms with E-state index < -0.39 is 0 Å². The van der Waals surface area contributed by atoms with Crippen LogP contribution in [0, 0.1) is 5.82 Å². The van der Waals surface area contributed by atoms with Gasteiger partial charge in [0.15, 0.2) is 0 Å². The van der Waals surface area contributed by atoms with Crippen LogP contribution < -0.4 is 5.32 Å². The van der Waals surface area contributed by atoms with Gasteiger partial charge in [0.25, 0.3) is 5.91 Å². The molecule has 1 aromatic carbocycles. The molecule has 0 fully saturated rings. The number of hydrogen-bond donors (Lipinski definition) is 1. The number of thiophene rings is 1. The highest BCUT2D eigenvalue weighted by Crippen LogP contribution is 2.33. The van der Waals surface area contributed by atoms with Crippen LogP contribution in [0.25, 0.3) is 21.3 Å². The Morgan fingerprint density at radius 2 is 2.07 bits per heavy atom. The highest BCUT2D eigenvalue weighted by Gasteiger charge is 2.20. The summed E-state index contributed by atoms with van der Waals surface area (Å²) in [5, 5.41) is 6.48. The Labute approximate surface area is 181 Å². The van der Waals surface area contributed by atoms with Crippen molar-refractivity contribution in [3.8, 4) is 11.3 Å². The minimum Gasteiger partial charge on any atom is -0.380 e. The summed E-state index contributed by atoms with van der Waals surface area (Å²) in [5.41, 5.74) is 2.59. The first-order chi connectivity index (χ1) is 14.7. The summed E-state index contributed by atoms with van der Waals surface area (Å²) in [6, 6.07) is 8.75. The lowest BCUT2D eigenvalue weighted by Gasteiger charge is -2.06. The van der Waals surface area contributed by atoms with E-state index in [0.717, 1.165) is 33.8 Å². The Kier molecular flexibility index (Phi) is 6.47. The highest BCUT2D eigenvalue weighted by atomic mass is 32.1. The fourth-order valence-electron chi connectivity index (χ4n) is 3.24. The number of rotatable bonds is 8. The number of hydrogen-bond acceptors (Lipinski definition) is 6. The van der Waals surface area contributed by atoms with Crippen molar-refractivity contribution in [2.45, 2.75) is 19.4 Å². The Morgan fingerprint density at radius 3 is 2.87 bits per heavy atom. The third-order valence-corrected chi connectivity index (χ3v) is 6.74. The number of fused-ring (bicyclic) bond motifs is 1. The molecule has 0 aliphatic heterocycles. The summed E-state index contributed by atoms with van der Waals surface area (Å²) in [7, 11) is 1.54. The van der Waals surface area contributed by atoms with Crippen molar-refractivity contribution in [3.63, 3.8) is 0 Å². The molecule has 0 radical (unpaired) electrons. The molecule has 0 spiro atoms. The summed E-state index contributed by atoms with van der Waals surface area (Å²) < 4.78 is 20.2. The monoisotopic (exact) mass is 441 g/mol. The van der Waals surface area contributed by atoms with Crippen LogP contribution in [0.5, 0.6) is 0 Å². The van der Waals surface area contributed by atoms with Crippen LogP contribution in [0.1, 0.15) is 26.7 Å². The van der Waals surface area contributed by atoms with Gasteiger partial charge in [0.1, 0.15) is 5.82 Å². The summed E-state index contributed by atoms with van der Waals surface area (Å²) in [4.78, 5) is 21.9. The molecular weight excluding hydrogens is 421 g/mol. The number of benzene rings is 1. The molecule has 1 amide bonds. The molecule has 0 saturated heterocycles. The molecule has 0 aliphatic rings. The zero-order valence-electron chi connectivity index (χ0n) is 16.4. The molecule has 3 aromatic heterocycles. The van der Waals surface area contributed by atoms with Crippen molar-refractivity contribution in [2.75, 3.05) is 13.7 Å². The van der Waals surface area contributed by atoms with Gasteiger partial charge in [-0.15, -0.1) is 22.7 Å². The van der Waals surface area contributed by atoms with E-state index in [9.17, 15) is 9.18 Å². The van der Waals surface area contributed by atoms with Gasteiger partial charge in [0, 0.05) is 59.1 Å². The average Bonchev–Trinajstić information content (AvgIpc) is 3.38. The first-order valence-electron chi connectivity index (χ1n) is 9.49. The van der Waals surface area contributed by atoms with Crippen LogP contribution in [0.3, 0.4) is 0 Å². The van der Waals surface area contributed by atoms with Gasteiger partial charge in [-0.3, -0.25) is 9.78 Å². The second kappa shape index (κ2) is 9.42. The maximum absolute atomic E-state index is 14.3. The van der Waals surface area contributed by atoms with Crippen molar-refractivity contribution in [2.24, 2.45) is 0 Å². The van der Waals surface area contributed by atoms with Gasteiger partial charge in [0.05, 0.1) is 22.2 Å². The molecule has 0 saturated carbocycles. The number of thiazole rings is 1. The minimum absolute atomic E-state index is 0.195. The molecule has 30 heavy (non-hydrogen) atoms. The van der Waals surface area contributed by atoms with Gasteiger partial charge in [0.2, 0.25) is 0 Å². The third-order valence-electron chi connectivity index (χ3n) is 4.64. The number of ether oxygens (including phenoxy) is 1. The second-order valence-electron chi connectivity index (χ2n) is 6.68. The van der Waals surface area contributed by atoms with Gasteiger partial charge in [-0.2, -0.15) is 0 Å². The topological polar surface area (TPSA) is 64.1 Å². The number of halogens is 1. The number of carbonyl (C=O) groups is 1. The predicted octanol–water partition coefficient (Wildman–Crippen LogP) is 5.07. The molecule has 4 aromatic rings. The van der Waals surface area contributed by atoms with Crippen molar-refractivity contribution in [1.82, 2.24) is 15.3 Å². The molecule has 5 nitrogen and oxygen atoms in total. The Balaban J connectivity index is 1.37. The maximum atomic E-state index is 14.3.